The van der Waals surface area contributed by atoms with Crippen molar-refractivity contribution in [1.29, 1.82) is 0 Å². The van der Waals surface area contributed by atoms with Crippen LogP contribution in [0.2, 0.25) is 5.15 Å². The molecule has 0 saturated carbocycles. The predicted molar refractivity (Wildman–Crippen MR) is 147 cm³/mol. The van der Waals surface area contributed by atoms with Gasteiger partial charge in [-0.2, -0.15) is 0 Å². The van der Waals surface area contributed by atoms with Gasteiger partial charge in [0.15, 0.2) is 0 Å². The van der Waals surface area contributed by atoms with E-state index >= 15 is 0 Å². The second kappa shape index (κ2) is 10.3. The minimum atomic E-state index is -0.272. The van der Waals surface area contributed by atoms with Gasteiger partial charge in [0, 0.05) is 16.9 Å². The molecule has 1 N–H and O–H groups in total. The predicted octanol–water partition coefficient (Wildman–Crippen LogP) is 8.56. The van der Waals surface area contributed by atoms with Gasteiger partial charge in [0.25, 0.3) is 0 Å². The molecule has 0 aliphatic heterocycles. The minimum Gasteiger partial charge on any atom is -0.487 e. The Bertz CT molecular complexity index is 1530. The lowest BCUT2D eigenvalue weighted by molar-refractivity contribution is 0.294. The van der Waals surface area contributed by atoms with Crippen LogP contribution in [0.15, 0.2) is 85.1 Å². The molecule has 2 aromatic heterocycles. The number of H-pyrrole nitrogens is 1. The van der Waals surface area contributed by atoms with E-state index in [1.54, 1.807) is 12.3 Å². The number of halogens is 2. The highest BCUT2D eigenvalue weighted by molar-refractivity contribution is 6.29. The number of aromatic amines is 1. The number of hydrogen-bond acceptors (Lipinski definition) is 3. The lowest BCUT2D eigenvalue weighted by Gasteiger charge is -2.35. The van der Waals surface area contributed by atoms with E-state index in [0.717, 1.165) is 45.7 Å². The van der Waals surface area contributed by atoms with Crippen LogP contribution in [0, 0.1) is 11.2 Å². The average molecular weight is 514 g/mol. The second-order valence-corrected chi connectivity index (χ2v) is 10.4. The number of imidazole rings is 1. The van der Waals surface area contributed by atoms with Gasteiger partial charge < -0.3 is 9.72 Å². The number of hydrogen-bond donors (Lipinski definition) is 1. The summed E-state index contributed by atoms with van der Waals surface area (Å²) in [6.07, 6.45) is 2.61. The van der Waals surface area contributed by atoms with E-state index in [-0.39, 0.29) is 17.2 Å². The van der Waals surface area contributed by atoms with Gasteiger partial charge in [-0.25, -0.2) is 14.4 Å². The Hall–Kier alpha value is -3.70. The molecule has 0 aliphatic rings. The first-order valence-corrected chi connectivity index (χ1v) is 12.8. The van der Waals surface area contributed by atoms with Crippen LogP contribution in [0.1, 0.15) is 49.9 Å². The maximum Gasteiger partial charge on any atom is 0.138 e. The number of nitrogens with one attached hydrogen (secondary N) is 1. The van der Waals surface area contributed by atoms with Crippen molar-refractivity contribution in [2.45, 2.75) is 39.7 Å². The summed E-state index contributed by atoms with van der Waals surface area (Å²) in [5.41, 5.74) is 4.80. The monoisotopic (exact) mass is 513 g/mol. The lowest BCUT2D eigenvalue weighted by Crippen LogP contribution is -2.23. The van der Waals surface area contributed by atoms with Crippen molar-refractivity contribution in [1.82, 2.24) is 15.0 Å². The Morgan fingerprint density at radius 2 is 1.81 bits per heavy atom. The molecule has 0 bridgehead atoms. The number of fused-ring (bicyclic) bond motifs is 1. The molecule has 0 spiro atoms. The van der Waals surface area contributed by atoms with E-state index < -0.39 is 0 Å². The van der Waals surface area contributed by atoms with Crippen molar-refractivity contribution >= 4 is 22.5 Å². The fourth-order valence-corrected chi connectivity index (χ4v) is 4.94. The minimum absolute atomic E-state index is 0.0414. The van der Waals surface area contributed by atoms with Gasteiger partial charge in [0.05, 0.1) is 17.4 Å². The summed E-state index contributed by atoms with van der Waals surface area (Å²) < 4.78 is 19.8. The number of nitrogens with zero attached hydrogens (tertiary/aromatic N) is 2. The summed E-state index contributed by atoms with van der Waals surface area (Å²) in [6, 6.07) is 25.0. The third-order valence-corrected chi connectivity index (χ3v) is 7.25. The van der Waals surface area contributed by atoms with Crippen LogP contribution >= 0.6 is 11.6 Å². The molecule has 5 aromatic rings. The Labute approximate surface area is 221 Å². The van der Waals surface area contributed by atoms with Crippen molar-refractivity contribution < 1.29 is 9.13 Å². The smallest absolute Gasteiger partial charge is 0.138 e. The topological polar surface area (TPSA) is 50.8 Å². The third-order valence-electron chi connectivity index (χ3n) is 7.06. The fourth-order valence-electron chi connectivity index (χ4n) is 4.80. The molecule has 188 valence electrons. The first kappa shape index (κ1) is 25.0. The zero-order chi connectivity index (χ0) is 26.0. The van der Waals surface area contributed by atoms with Crippen molar-refractivity contribution in [2.75, 3.05) is 0 Å². The molecular formula is C31H29ClFN3O. The molecular weight excluding hydrogens is 485 g/mol. The number of ether oxygens (including phenoxy) is 1. The van der Waals surface area contributed by atoms with Crippen LogP contribution in [0.25, 0.3) is 22.3 Å². The summed E-state index contributed by atoms with van der Waals surface area (Å²) in [4.78, 5) is 12.3. The van der Waals surface area contributed by atoms with Crippen LogP contribution in [0.5, 0.6) is 5.75 Å². The molecule has 1 unspecified atom stereocenters. The van der Waals surface area contributed by atoms with Crippen LogP contribution < -0.4 is 4.74 Å². The molecule has 0 saturated heterocycles. The number of pyridine rings is 1. The summed E-state index contributed by atoms with van der Waals surface area (Å²) in [7, 11) is 0. The molecule has 0 radical (unpaired) electrons. The molecule has 1 atom stereocenters. The molecule has 3 aromatic carbocycles. The Balaban J connectivity index is 1.54. The highest BCUT2D eigenvalue weighted by atomic mass is 35.5. The third kappa shape index (κ3) is 5.37. The van der Waals surface area contributed by atoms with Gasteiger partial charge in [0.2, 0.25) is 0 Å². The van der Waals surface area contributed by atoms with Gasteiger partial charge >= 0.3 is 0 Å². The van der Waals surface area contributed by atoms with Crippen molar-refractivity contribution in [3.63, 3.8) is 0 Å². The van der Waals surface area contributed by atoms with Crippen LogP contribution in [0.3, 0.4) is 0 Å². The van der Waals surface area contributed by atoms with Gasteiger partial charge in [-0.15, -0.1) is 0 Å². The maximum absolute atomic E-state index is 13.5. The molecule has 37 heavy (non-hydrogen) atoms. The summed E-state index contributed by atoms with van der Waals surface area (Å²) in [5.74, 6) is 1.29. The largest absolute Gasteiger partial charge is 0.487 e. The number of benzene rings is 3. The second-order valence-electron chi connectivity index (χ2n) is 9.94. The number of rotatable bonds is 8. The highest BCUT2D eigenvalue weighted by Crippen LogP contribution is 2.47. The van der Waals surface area contributed by atoms with Gasteiger partial charge in [-0.3, -0.25) is 0 Å². The molecule has 0 aliphatic carbocycles. The van der Waals surface area contributed by atoms with Crippen LogP contribution in [0.4, 0.5) is 4.39 Å². The van der Waals surface area contributed by atoms with Gasteiger partial charge in [-0.05, 0) is 59.0 Å². The van der Waals surface area contributed by atoms with E-state index in [0.29, 0.717) is 11.8 Å². The molecule has 2 heterocycles. The Morgan fingerprint density at radius 1 is 1.00 bits per heavy atom. The molecule has 6 heteroatoms. The summed E-state index contributed by atoms with van der Waals surface area (Å²) in [5, 5.41) is 1.26. The zero-order valence-electron chi connectivity index (χ0n) is 21.1. The Morgan fingerprint density at radius 3 is 2.54 bits per heavy atom. The van der Waals surface area contributed by atoms with Crippen LogP contribution in [-0.4, -0.2) is 15.0 Å². The van der Waals surface area contributed by atoms with Gasteiger partial charge in [0.1, 0.15) is 29.2 Å². The molecule has 0 amide bonds. The first-order valence-electron chi connectivity index (χ1n) is 12.4. The highest BCUT2D eigenvalue weighted by Gasteiger charge is 2.33. The normalized spacial score (nSPS) is 12.6. The molecule has 0 fully saturated rings. The Kier molecular flexibility index (Phi) is 6.98. The van der Waals surface area contributed by atoms with E-state index in [4.69, 9.17) is 16.3 Å². The van der Waals surface area contributed by atoms with E-state index in [9.17, 15) is 4.39 Å². The summed E-state index contributed by atoms with van der Waals surface area (Å²) >= 11 is 6.20. The first-order chi connectivity index (χ1) is 17.8. The van der Waals surface area contributed by atoms with E-state index in [2.05, 4.69) is 66.1 Å². The lowest BCUT2D eigenvalue weighted by atomic mass is 9.68. The molecule has 4 nitrogen and oxygen atoms in total. The standard InChI is InChI=1S/C31H29ClFN3O/c1-4-31(2,3)29(20-8-6-5-7-9-20)26-17-24(13-14-25(26)30-34-18-28(32)36-30)37-19-23-12-10-21-16-22(33)11-15-27(21)35-23/h5-18,29H,4,19H2,1-3H3,(H,34,36). The molecule has 5 rings (SSSR count). The zero-order valence-corrected chi connectivity index (χ0v) is 21.9. The van der Waals surface area contributed by atoms with E-state index in [1.807, 2.05) is 30.3 Å². The number of aromatic nitrogens is 3. The summed E-state index contributed by atoms with van der Waals surface area (Å²) in [6.45, 7) is 7.10. The van der Waals surface area contributed by atoms with Gasteiger partial charge in [-0.1, -0.05) is 75.2 Å². The quantitative estimate of drug-likeness (QED) is 0.226. The fraction of sp³-hybridized carbons (Fsp3) is 0.226. The van der Waals surface area contributed by atoms with Crippen molar-refractivity contribution in [2.24, 2.45) is 5.41 Å². The van der Waals surface area contributed by atoms with E-state index in [1.165, 1.54) is 17.7 Å². The van der Waals surface area contributed by atoms with Crippen molar-refractivity contribution in [3.05, 3.63) is 113 Å². The SMILES string of the molecule is CCC(C)(C)C(c1ccccc1)c1cc(OCc2ccc3cc(F)ccc3n2)ccc1-c1ncc(Cl)[nH]1. The maximum atomic E-state index is 13.5. The average Bonchev–Trinajstić information content (AvgIpc) is 3.34. The van der Waals surface area contributed by atoms with Crippen molar-refractivity contribution in [3.8, 4) is 17.1 Å². The van der Waals surface area contributed by atoms with Crippen LogP contribution in [-0.2, 0) is 6.61 Å².